The first-order valence-corrected chi connectivity index (χ1v) is 4.85. The lowest BCUT2D eigenvalue weighted by atomic mass is 10.1. The zero-order valence-electron chi connectivity index (χ0n) is 6.47. The number of piperidine rings is 1. The van der Waals surface area contributed by atoms with Gasteiger partial charge in [-0.3, -0.25) is 0 Å². The maximum Gasteiger partial charge on any atom is 0.130 e. The van der Waals surface area contributed by atoms with Crippen LogP contribution >= 0.6 is 24.8 Å². The van der Waals surface area contributed by atoms with Gasteiger partial charge in [-0.2, -0.15) is 0 Å². The molecule has 4 heteroatoms. The normalized spacial score (nSPS) is 24.6. The summed E-state index contributed by atoms with van der Waals surface area (Å²) in [6.07, 6.45) is 3.89. The van der Waals surface area contributed by atoms with Gasteiger partial charge >= 0.3 is 0 Å². The van der Waals surface area contributed by atoms with E-state index < -0.39 is 0 Å². The molecule has 1 rings (SSSR count). The van der Waals surface area contributed by atoms with E-state index >= 15 is 0 Å². The second-order valence-electron chi connectivity index (χ2n) is 2.83. The van der Waals surface area contributed by atoms with E-state index in [-0.39, 0.29) is 0 Å². The Morgan fingerprint density at radius 2 is 2.45 bits per heavy atom. The number of thiol groups is 1. The second kappa shape index (κ2) is 4.95. The summed E-state index contributed by atoms with van der Waals surface area (Å²) < 4.78 is 0.595. The molecule has 0 aromatic rings. The van der Waals surface area contributed by atoms with E-state index in [0.29, 0.717) is 10.4 Å². The maximum atomic E-state index is 4.79. The van der Waals surface area contributed by atoms with Crippen LogP contribution < -0.4 is 10.6 Å². The Hall–Kier alpha value is 0.200. The van der Waals surface area contributed by atoms with E-state index in [2.05, 4.69) is 23.3 Å². The highest BCUT2D eigenvalue weighted by Gasteiger charge is 2.11. The van der Waals surface area contributed by atoms with Crippen molar-refractivity contribution in [3.63, 3.8) is 0 Å². The van der Waals surface area contributed by atoms with Crippen molar-refractivity contribution in [3.05, 3.63) is 0 Å². The van der Waals surface area contributed by atoms with Crippen molar-refractivity contribution in [2.45, 2.75) is 25.3 Å². The smallest absolute Gasteiger partial charge is 0.130 e. The highest BCUT2D eigenvalue weighted by molar-refractivity contribution is 8.11. The van der Waals surface area contributed by atoms with Crippen LogP contribution in [-0.4, -0.2) is 23.5 Å². The highest BCUT2D eigenvalue weighted by Crippen LogP contribution is 2.05. The Morgan fingerprint density at radius 3 is 3.00 bits per heavy atom. The first-order valence-electron chi connectivity index (χ1n) is 3.99. The number of rotatable bonds is 2. The van der Waals surface area contributed by atoms with Gasteiger partial charge in [0.05, 0.1) is 0 Å². The van der Waals surface area contributed by atoms with Gasteiger partial charge in [-0.15, -0.1) is 12.6 Å². The minimum atomic E-state index is 0.592. The van der Waals surface area contributed by atoms with Crippen molar-refractivity contribution in [1.82, 2.24) is 10.6 Å². The lowest BCUT2D eigenvalue weighted by Gasteiger charge is -2.23. The monoisotopic (exact) mass is 190 g/mol. The van der Waals surface area contributed by atoms with Crippen LogP contribution in [-0.2, 0) is 0 Å². The minimum Gasteiger partial charge on any atom is -0.370 e. The average Bonchev–Trinajstić information content (AvgIpc) is 2.03. The van der Waals surface area contributed by atoms with Crippen LogP contribution in [0.25, 0.3) is 0 Å². The molecule has 0 aromatic heterocycles. The molecule has 0 spiro atoms. The number of hydrogen-bond donors (Lipinski definition) is 3. The number of nitrogens with one attached hydrogen (secondary N) is 2. The molecule has 64 valence electrons. The average molecular weight is 190 g/mol. The molecule has 1 aliphatic heterocycles. The molecule has 1 fully saturated rings. The molecule has 0 unspecified atom stereocenters. The molecule has 0 radical (unpaired) electrons. The van der Waals surface area contributed by atoms with Crippen molar-refractivity contribution >= 4 is 29.2 Å². The van der Waals surface area contributed by atoms with Crippen LogP contribution in [0.1, 0.15) is 19.3 Å². The second-order valence-corrected chi connectivity index (χ2v) is 3.99. The third-order valence-corrected chi connectivity index (χ3v) is 2.21. The van der Waals surface area contributed by atoms with Crippen molar-refractivity contribution in [1.29, 1.82) is 0 Å². The fourth-order valence-corrected chi connectivity index (χ4v) is 1.48. The maximum absolute atomic E-state index is 4.79. The number of thiocarbonyl (C=S) groups is 1. The van der Waals surface area contributed by atoms with Crippen LogP contribution in [0.15, 0.2) is 0 Å². The van der Waals surface area contributed by atoms with Crippen LogP contribution in [0.3, 0.4) is 0 Å². The Balaban J connectivity index is 2.09. The summed E-state index contributed by atoms with van der Waals surface area (Å²) in [5, 5.41) is 6.47. The summed E-state index contributed by atoms with van der Waals surface area (Å²) in [4.78, 5) is 0. The number of hydrogen-bond acceptors (Lipinski definition) is 2. The lowest BCUT2D eigenvalue weighted by molar-refractivity contribution is 0.399. The van der Waals surface area contributed by atoms with Crippen LogP contribution in [0.2, 0.25) is 0 Å². The van der Waals surface area contributed by atoms with Crippen LogP contribution in [0.5, 0.6) is 0 Å². The van der Waals surface area contributed by atoms with Gasteiger partial charge in [0.25, 0.3) is 0 Å². The summed E-state index contributed by atoms with van der Waals surface area (Å²) in [5.41, 5.74) is 0. The van der Waals surface area contributed by atoms with Gasteiger partial charge in [0.2, 0.25) is 0 Å². The Bertz CT molecular complexity index is 132. The van der Waals surface area contributed by atoms with Gasteiger partial charge in [0.15, 0.2) is 0 Å². The SMILES string of the molecule is S=C(S)NC[C@H]1CCCCN1. The zero-order valence-corrected chi connectivity index (χ0v) is 8.18. The molecule has 1 aliphatic rings. The first-order chi connectivity index (χ1) is 5.29. The van der Waals surface area contributed by atoms with Gasteiger partial charge in [0, 0.05) is 12.6 Å². The summed E-state index contributed by atoms with van der Waals surface area (Å²) in [5.74, 6) is 0. The molecule has 1 heterocycles. The van der Waals surface area contributed by atoms with Gasteiger partial charge in [0.1, 0.15) is 4.32 Å². The lowest BCUT2D eigenvalue weighted by Crippen LogP contribution is -2.42. The summed E-state index contributed by atoms with van der Waals surface area (Å²) >= 11 is 8.78. The van der Waals surface area contributed by atoms with Gasteiger partial charge < -0.3 is 10.6 Å². The van der Waals surface area contributed by atoms with E-state index in [4.69, 9.17) is 12.2 Å². The van der Waals surface area contributed by atoms with E-state index in [0.717, 1.165) is 13.1 Å². The molecule has 0 aliphatic carbocycles. The predicted molar refractivity (Wildman–Crippen MR) is 55.2 cm³/mol. The largest absolute Gasteiger partial charge is 0.370 e. The zero-order chi connectivity index (χ0) is 8.10. The minimum absolute atomic E-state index is 0.592. The van der Waals surface area contributed by atoms with Crippen molar-refractivity contribution in [2.24, 2.45) is 0 Å². The molecule has 11 heavy (non-hydrogen) atoms. The quantitative estimate of drug-likeness (QED) is 0.446. The molecule has 1 atom stereocenters. The third-order valence-electron chi connectivity index (χ3n) is 1.91. The fourth-order valence-electron chi connectivity index (χ4n) is 1.31. The van der Waals surface area contributed by atoms with Crippen LogP contribution in [0, 0.1) is 0 Å². The van der Waals surface area contributed by atoms with E-state index in [1.807, 2.05) is 0 Å². The molecule has 2 N–H and O–H groups in total. The Morgan fingerprint density at radius 1 is 1.64 bits per heavy atom. The molecule has 0 bridgehead atoms. The Kier molecular flexibility index (Phi) is 4.18. The fraction of sp³-hybridized carbons (Fsp3) is 0.857. The molecule has 0 amide bonds. The van der Waals surface area contributed by atoms with Crippen molar-refractivity contribution in [2.75, 3.05) is 13.1 Å². The van der Waals surface area contributed by atoms with Crippen molar-refractivity contribution < 1.29 is 0 Å². The van der Waals surface area contributed by atoms with Crippen molar-refractivity contribution in [3.8, 4) is 0 Å². The standard InChI is InChI=1S/C7H14N2S2/c10-7(11)9-5-6-3-1-2-4-8-6/h6,8H,1-5H2,(H2,9,10,11)/t6-/m1/s1. The molecule has 2 nitrogen and oxygen atoms in total. The molecule has 0 aromatic carbocycles. The summed E-state index contributed by atoms with van der Waals surface area (Å²) in [6.45, 7) is 2.06. The summed E-state index contributed by atoms with van der Waals surface area (Å²) in [6, 6.07) is 0.592. The molecule has 1 saturated heterocycles. The topological polar surface area (TPSA) is 24.1 Å². The predicted octanol–water partition coefficient (Wildman–Crippen LogP) is 0.933. The molecular formula is C7H14N2S2. The van der Waals surface area contributed by atoms with Gasteiger partial charge in [-0.25, -0.2) is 0 Å². The third kappa shape index (κ3) is 3.94. The van der Waals surface area contributed by atoms with E-state index in [9.17, 15) is 0 Å². The first kappa shape index (κ1) is 9.29. The Labute approximate surface area is 78.5 Å². The van der Waals surface area contributed by atoms with Crippen LogP contribution in [0.4, 0.5) is 0 Å². The molecular weight excluding hydrogens is 176 g/mol. The van der Waals surface area contributed by atoms with Gasteiger partial charge in [-0.05, 0) is 19.4 Å². The van der Waals surface area contributed by atoms with E-state index in [1.54, 1.807) is 0 Å². The summed E-state index contributed by atoms with van der Waals surface area (Å²) in [7, 11) is 0. The highest BCUT2D eigenvalue weighted by atomic mass is 32.1. The van der Waals surface area contributed by atoms with E-state index in [1.165, 1.54) is 19.3 Å². The molecule has 0 saturated carbocycles. The van der Waals surface area contributed by atoms with Gasteiger partial charge in [-0.1, -0.05) is 18.6 Å².